The van der Waals surface area contributed by atoms with E-state index in [4.69, 9.17) is 0 Å². The van der Waals surface area contributed by atoms with Crippen molar-refractivity contribution in [2.45, 2.75) is 12.2 Å². The topological polar surface area (TPSA) is 18.8 Å². The van der Waals surface area contributed by atoms with Crippen LogP contribution in [0.3, 0.4) is 0 Å². The second kappa shape index (κ2) is 7.85. The van der Waals surface area contributed by atoms with Crippen LogP contribution in [-0.4, -0.2) is 42.3 Å². The van der Waals surface area contributed by atoms with Crippen LogP contribution < -0.4 is 0 Å². The van der Waals surface area contributed by atoms with Crippen molar-refractivity contribution in [1.29, 1.82) is 0 Å². The van der Waals surface area contributed by atoms with E-state index in [1.165, 1.54) is 34.4 Å². The number of fused-ring (bicyclic) bond motifs is 3. The van der Waals surface area contributed by atoms with E-state index in [0.717, 1.165) is 38.3 Å². The molecule has 1 fully saturated rings. The number of piperazine rings is 1. The van der Waals surface area contributed by atoms with Gasteiger partial charge in [0.15, 0.2) is 0 Å². The Morgan fingerprint density at radius 1 is 0.742 bits per heavy atom. The van der Waals surface area contributed by atoms with E-state index in [1.807, 2.05) is 5.01 Å². The molecular weight excluding hydrogens is 399 g/mol. The molecule has 3 aromatic carbocycles. The fraction of sp³-hybridized carbons (Fsp3) is 0.240. The molecule has 31 heavy (non-hydrogen) atoms. The van der Waals surface area contributed by atoms with Gasteiger partial charge in [-0.05, 0) is 39.9 Å². The van der Waals surface area contributed by atoms with E-state index >= 15 is 0 Å². The third kappa shape index (κ3) is 3.83. The zero-order valence-corrected chi connectivity index (χ0v) is 16.9. The summed E-state index contributed by atoms with van der Waals surface area (Å²) >= 11 is 0. The van der Waals surface area contributed by atoms with Gasteiger partial charge < -0.3 is 0 Å². The van der Waals surface area contributed by atoms with Crippen LogP contribution in [0.15, 0.2) is 77.9 Å². The Labute approximate surface area is 179 Å². The molecular formula is C25H22F3N3. The smallest absolute Gasteiger partial charge is 0.294 e. The first-order valence-electron chi connectivity index (χ1n) is 10.4. The zero-order valence-electron chi connectivity index (χ0n) is 16.9. The summed E-state index contributed by atoms with van der Waals surface area (Å²) in [4.78, 5) is 2.49. The highest BCUT2D eigenvalue weighted by Crippen LogP contribution is 2.46. The van der Waals surface area contributed by atoms with Gasteiger partial charge in [0.2, 0.25) is 0 Å². The molecule has 0 bridgehead atoms. The Balaban J connectivity index is 1.27. The molecule has 6 heteroatoms. The summed E-state index contributed by atoms with van der Waals surface area (Å²) in [5, 5.41) is 6.48. The number of alkyl halides is 3. The van der Waals surface area contributed by atoms with Gasteiger partial charge in [0.25, 0.3) is 0 Å². The number of nitrogens with zero attached hydrogens (tertiary/aromatic N) is 3. The third-order valence-electron chi connectivity index (χ3n) is 6.06. The fourth-order valence-corrected chi connectivity index (χ4v) is 4.51. The number of hydrogen-bond donors (Lipinski definition) is 0. The van der Waals surface area contributed by atoms with Crippen LogP contribution >= 0.6 is 0 Å². The van der Waals surface area contributed by atoms with Crippen molar-refractivity contribution in [2.24, 2.45) is 5.10 Å². The predicted molar refractivity (Wildman–Crippen MR) is 116 cm³/mol. The molecule has 5 rings (SSSR count). The average Bonchev–Trinajstić information content (AvgIpc) is 3.12. The van der Waals surface area contributed by atoms with Gasteiger partial charge in [-0.3, -0.25) is 9.91 Å². The van der Waals surface area contributed by atoms with E-state index in [2.05, 4.69) is 58.5 Å². The Bertz CT molecular complexity index is 1050. The molecule has 0 atom stereocenters. The summed E-state index contributed by atoms with van der Waals surface area (Å²) < 4.78 is 38.1. The van der Waals surface area contributed by atoms with Crippen molar-refractivity contribution in [2.75, 3.05) is 26.2 Å². The standard InChI is InChI=1S/C25H22F3N3/c26-25(27,28)19-11-9-18(10-12-19)17-29-31-15-13-30(14-16-31)24-22-7-3-1-5-20(22)21-6-2-4-8-23(21)24/h1-12,17,24H,13-16H2/b29-17-. The minimum absolute atomic E-state index is 0.258. The van der Waals surface area contributed by atoms with Gasteiger partial charge >= 0.3 is 6.18 Å². The zero-order chi connectivity index (χ0) is 21.4. The molecule has 0 aromatic heterocycles. The Hall–Kier alpha value is -3.12. The molecule has 0 unspecified atom stereocenters. The van der Waals surface area contributed by atoms with Gasteiger partial charge in [0.1, 0.15) is 0 Å². The van der Waals surface area contributed by atoms with E-state index in [0.29, 0.717) is 5.56 Å². The Kier molecular flexibility index (Phi) is 5.02. The lowest BCUT2D eigenvalue weighted by molar-refractivity contribution is -0.137. The van der Waals surface area contributed by atoms with Crippen molar-refractivity contribution in [1.82, 2.24) is 9.91 Å². The summed E-state index contributed by atoms with van der Waals surface area (Å²) in [5.41, 5.74) is 5.34. The maximum absolute atomic E-state index is 12.7. The minimum atomic E-state index is -4.32. The van der Waals surface area contributed by atoms with Crippen LogP contribution in [-0.2, 0) is 6.18 Å². The van der Waals surface area contributed by atoms with Crippen LogP contribution in [0.25, 0.3) is 11.1 Å². The molecule has 0 N–H and O–H groups in total. The monoisotopic (exact) mass is 421 g/mol. The highest BCUT2D eigenvalue weighted by molar-refractivity contribution is 5.79. The summed E-state index contributed by atoms with van der Waals surface area (Å²) in [6, 6.07) is 22.5. The van der Waals surface area contributed by atoms with Gasteiger partial charge in [0, 0.05) is 26.2 Å². The number of rotatable bonds is 3. The molecule has 0 radical (unpaired) electrons. The van der Waals surface area contributed by atoms with Gasteiger partial charge in [0.05, 0.1) is 17.8 Å². The molecule has 2 aliphatic rings. The lowest BCUT2D eigenvalue weighted by Crippen LogP contribution is -2.45. The SMILES string of the molecule is FC(F)(F)c1ccc(/C=N\N2CCN(C3c4ccccc4-c4ccccc43)CC2)cc1. The molecule has 0 saturated carbocycles. The summed E-state index contributed by atoms with van der Waals surface area (Å²) in [6.07, 6.45) is -2.68. The molecule has 1 heterocycles. The summed E-state index contributed by atoms with van der Waals surface area (Å²) in [6.45, 7) is 3.30. The largest absolute Gasteiger partial charge is 0.416 e. The van der Waals surface area contributed by atoms with Crippen molar-refractivity contribution in [3.8, 4) is 11.1 Å². The summed E-state index contributed by atoms with van der Waals surface area (Å²) in [5.74, 6) is 0. The first-order chi connectivity index (χ1) is 15.0. The molecule has 3 nitrogen and oxygen atoms in total. The van der Waals surface area contributed by atoms with Gasteiger partial charge in [-0.1, -0.05) is 60.7 Å². The van der Waals surface area contributed by atoms with Crippen molar-refractivity contribution >= 4 is 6.21 Å². The lowest BCUT2D eigenvalue weighted by atomic mass is 10.0. The Morgan fingerprint density at radius 3 is 1.84 bits per heavy atom. The van der Waals surface area contributed by atoms with Crippen LogP contribution in [0, 0.1) is 0 Å². The molecule has 0 spiro atoms. The van der Waals surface area contributed by atoms with Gasteiger partial charge in [-0.15, -0.1) is 0 Å². The molecule has 3 aromatic rings. The minimum Gasteiger partial charge on any atom is -0.294 e. The number of benzene rings is 3. The summed E-state index contributed by atoms with van der Waals surface area (Å²) in [7, 11) is 0. The van der Waals surface area contributed by atoms with E-state index < -0.39 is 11.7 Å². The second-order valence-electron chi connectivity index (χ2n) is 7.93. The highest BCUT2D eigenvalue weighted by atomic mass is 19.4. The molecule has 1 aliphatic heterocycles. The molecule has 0 amide bonds. The quantitative estimate of drug-likeness (QED) is 0.526. The maximum atomic E-state index is 12.7. The number of halogens is 3. The molecule has 1 aliphatic carbocycles. The van der Waals surface area contributed by atoms with E-state index in [-0.39, 0.29) is 6.04 Å². The van der Waals surface area contributed by atoms with Gasteiger partial charge in [-0.2, -0.15) is 18.3 Å². The van der Waals surface area contributed by atoms with Crippen LogP contribution in [0.2, 0.25) is 0 Å². The van der Waals surface area contributed by atoms with Crippen molar-refractivity contribution in [3.05, 3.63) is 95.1 Å². The Morgan fingerprint density at radius 2 is 1.29 bits per heavy atom. The van der Waals surface area contributed by atoms with Gasteiger partial charge in [-0.25, -0.2) is 0 Å². The highest BCUT2D eigenvalue weighted by Gasteiger charge is 2.34. The maximum Gasteiger partial charge on any atom is 0.416 e. The van der Waals surface area contributed by atoms with Crippen molar-refractivity contribution < 1.29 is 13.2 Å². The number of hydrogen-bond acceptors (Lipinski definition) is 3. The lowest BCUT2D eigenvalue weighted by Gasteiger charge is -2.37. The number of hydrazone groups is 1. The molecule has 1 saturated heterocycles. The van der Waals surface area contributed by atoms with Crippen LogP contribution in [0.5, 0.6) is 0 Å². The van der Waals surface area contributed by atoms with Crippen LogP contribution in [0.4, 0.5) is 13.2 Å². The van der Waals surface area contributed by atoms with Crippen LogP contribution in [0.1, 0.15) is 28.3 Å². The predicted octanol–water partition coefficient (Wildman–Crippen LogP) is 5.43. The first-order valence-corrected chi connectivity index (χ1v) is 10.4. The van der Waals surface area contributed by atoms with E-state index in [1.54, 1.807) is 6.21 Å². The average molecular weight is 421 g/mol. The second-order valence-corrected chi connectivity index (χ2v) is 7.93. The fourth-order valence-electron chi connectivity index (χ4n) is 4.51. The normalized spacial score (nSPS) is 17.2. The third-order valence-corrected chi connectivity index (χ3v) is 6.06. The molecule has 158 valence electrons. The first kappa shape index (κ1) is 19.8. The van der Waals surface area contributed by atoms with E-state index in [9.17, 15) is 13.2 Å². The van der Waals surface area contributed by atoms with Crippen molar-refractivity contribution in [3.63, 3.8) is 0 Å².